The van der Waals surface area contributed by atoms with E-state index >= 15 is 0 Å². The third-order valence-electron chi connectivity index (χ3n) is 6.71. The number of benzene rings is 1. The zero-order valence-corrected chi connectivity index (χ0v) is 19.7. The number of aryl methyl sites for hydroxylation is 1. The number of methoxy groups -OCH3 is 1. The van der Waals surface area contributed by atoms with Crippen molar-refractivity contribution >= 4 is 22.6 Å². The molecule has 3 aromatic rings. The average molecular weight is 472 g/mol. The molecule has 3 aliphatic heterocycles. The number of nitrogens with zero attached hydrogens (tertiary/aromatic N) is 3. The maximum absolute atomic E-state index is 6.67. The second-order valence-corrected chi connectivity index (χ2v) is 9.68. The van der Waals surface area contributed by atoms with Crippen LogP contribution in [0.3, 0.4) is 0 Å². The first-order chi connectivity index (χ1) is 15.8. The Balaban J connectivity index is 1.42. The highest BCUT2D eigenvalue weighted by atomic mass is 35.5. The summed E-state index contributed by atoms with van der Waals surface area (Å²) in [6, 6.07) is 7.86. The molecule has 8 nitrogen and oxygen atoms in total. The predicted molar refractivity (Wildman–Crippen MR) is 120 cm³/mol. The lowest BCUT2D eigenvalue weighted by molar-refractivity contribution is -0.237. The molecular weight excluding hydrogens is 446 g/mol. The van der Waals surface area contributed by atoms with E-state index in [-0.39, 0.29) is 12.2 Å². The molecule has 1 aromatic carbocycles. The quantitative estimate of drug-likeness (QED) is 0.569. The summed E-state index contributed by atoms with van der Waals surface area (Å²) in [6.07, 6.45) is 1.84. The predicted octanol–water partition coefficient (Wildman–Crippen LogP) is 4.10. The summed E-state index contributed by atoms with van der Waals surface area (Å²) in [4.78, 5) is 8.82. The zero-order valence-electron chi connectivity index (χ0n) is 18.9. The molecule has 0 bridgehead atoms. The fourth-order valence-electron chi connectivity index (χ4n) is 5.26. The lowest BCUT2D eigenvalue weighted by Crippen LogP contribution is -2.40. The van der Waals surface area contributed by atoms with Crippen molar-refractivity contribution in [2.24, 2.45) is 0 Å². The molecule has 3 aliphatic rings. The smallest absolute Gasteiger partial charge is 0.164 e. The van der Waals surface area contributed by atoms with E-state index in [0.717, 1.165) is 27.9 Å². The van der Waals surface area contributed by atoms with E-state index in [1.54, 1.807) is 13.4 Å². The molecule has 174 valence electrons. The molecule has 0 aliphatic carbocycles. The molecule has 0 saturated carbocycles. The van der Waals surface area contributed by atoms with Crippen LogP contribution in [-0.2, 0) is 30.1 Å². The Morgan fingerprint density at radius 1 is 1.09 bits per heavy atom. The van der Waals surface area contributed by atoms with Crippen LogP contribution in [-0.4, -0.2) is 52.0 Å². The van der Waals surface area contributed by atoms with Crippen molar-refractivity contribution in [2.45, 2.75) is 69.9 Å². The van der Waals surface area contributed by atoms with E-state index in [2.05, 4.69) is 9.97 Å². The number of hydrogen-bond donors (Lipinski definition) is 0. The summed E-state index contributed by atoms with van der Waals surface area (Å²) < 4.78 is 33.4. The first kappa shape index (κ1) is 21.5. The van der Waals surface area contributed by atoms with Crippen molar-refractivity contribution in [3.8, 4) is 0 Å². The lowest BCUT2D eigenvalue weighted by atomic mass is 9.91. The minimum Gasteiger partial charge on any atom is -0.356 e. The van der Waals surface area contributed by atoms with Crippen LogP contribution in [0.25, 0.3) is 11.0 Å². The SMILES string of the molecule is COC1Cc2cc(Cl)ccc2[C@H]([C@H]2O[C@@H](n3ccc4c(C)ncnc43)[C@@H]3OC(C)(C)O[C@@H]32)O1. The Morgan fingerprint density at radius 2 is 1.91 bits per heavy atom. The van der Waals surface area contributed by atoms with Crippen LogP contribution in [0.1, 0.15) is 43.0 Å². The minimum absolute atomic E-state index is 0.335. The third-order valence-corrected chi connectivity index (χ3v) is 6.94. The molecule has 2 saturated heterocycles. The van der Waals surface area contributed by atoms with E-state index in [1.807, 2.05) is 55.8 Å². The van der Waals surface area contributed by atoms with Crippen LogP contribution in [0, 0.1) is 6.92 Å². The van der Waals surface area contributed by atoms with Gasteiger partial charge in [0.05, 0.1) is 5.69 Å². The van der Waals surface area contributed by atoms with Gasteiger partial charge in [0.15, 0.2) is 18.3 Å². The van der Waals surface area contributed by atoms with Gasteiger partial charge in [-0.2, -0.15) is 0 Å². The lowest BCUT2D eigenvalue weighted by Gasteiger charge is -2.36. The minimum atomic E-state index is -0.748. The molecule has 33 heavy (non-hydrogen) atoms. The molecule has 9 heteroatoms. The summed E-state index contributed by atoms with van der Waals surface area (Å²) in [5.41, 5.74) is 3.83. The van der Waals surface area contributed by atoms with Gasteiger partial charge in [-0.25, -0.2) is 9.97 Å². The Morgan fingerprint density at radius 3 is 2.73 bits per heavy atom. The maximum atomic E-state index is 6.67. The van der Waals surface area contributed by atoms with Gasteiger partial charge in [0, 0.05) is 30.1 Å². The normalized spacial score (nSPS) is 32.8. The van der Waals surface area contributed by atoms with E-state index in [0.29, 0.717) is 11.4 Å². The molecule has 2 fully saturated rings. The van der Waals surface area contributed by atoms with Gasteiger partial charge in [0.1, 0.15) is 36.4 Å². The van der Waals surface area contributed by atoms with Crippen molar-refractivity contribution in [1.29, 1.82) is 0 Å². The van der Waals surface area contributed by atoms with Crippen molar-refractivity contribution < 1.29 is 23.7 Å². The fourth-order valence-corrected chi connectivity index (χ4v) is 5.46. The van der Waals surface area contributed by atoms with Crippen molar-refractivity contribution in [3.05, 3.63) is 58.6 Å². The van der Waals surface area contributed by atoms with Gasteiger partial charge in [-0.3, -0.25) is 0 Å². The summed E-state index contributed by atoms with van der Waals surface area (Å²) in [5.74, 6) is -0.748. The zero-order chi connectivity index (χ0) is 22.9. The van der Waals surface area contributed by atoms with Gasteiger partial charge in [-0.05, 0) is 50.1 Å². The Hall–Kier alpha value is -2.07. The van der Waals surface area contributed by atoms with Gasteiger partial charge >= 0.3 is 0 Å². The van der Waals surface area contributed by atoms with Crippen LogP contribution in [0.2, 0.25) is 5.02 Å². The third kappa shape index (κ3) is 3.48. The Labute approximate surface area is 196 Å². The van der Waals surface area contributed by atoms with Crippen LogP contribution in [0.4, 0.5) is 0 Å². The van der Waals surface area contributed by atoms with Crippen LogP contribution >= 0.6 is 11.6 Å². The van der Waals surface area contributed by atoms with Crippen LogP contribution in [0.15, 0.2) is 36.8 Å². The van der Waals surface area contributed by atoms with Gasteiger partial charge in [0.2, 0.25) is 0 Å². The summed E-state index contributed by atoms with van der Waals surface area (Å²) in [5, 5.41) is 1.66. The fraction of sp³-hybridized carbons (Fsp3) is 0.500. The van der Waals surface area contributed by atoms with Gasteiger partial charge in [-0.1, -0.05) is 17.7 Å². The summed E-state index contributed by atoms with van der Waals surface area (Å²) in [6.45, 7) is 5.82. The van der Waals surface area contributed by atoms with E-state index < -0.39 is 30.5 Å². The molecule has 0 radical (unpaired) electrons. The Kier molecular flexibility index (Phi) is 5.03. The van der Waals surface area contributed by atoms with E-state index in [1.165, 1.54) is 0 Å². The topological polar surface area (TPSA) is 76.9 Å². The number of aromatic nitrogens is 3. The first-order valence-electron chi connectivity index (χ1n) is 11.1. The van der Waals surface area contributed by atoms with Gasteiger partial charge in [-0.15, -0.1) is 0 Å². The van der Waals surface area contributed by atoms with Crippen molar-refractivity contribution in [3.63, 3.8) is 0 Å². The highest BCUT2D eigenvalue weighted by Gasteiger charge is 2.59. The molecular formula is C24H26ClN3O5. The number of hydrogen-bond acceptors (Lipinski definition) is 7. The number of rotatable bonds is 3. The molecule has 5 heterocycles. The molecule has 6 rings (SSSR count). The standard InChI is InChI=1S/C24H26ClN3O5/c1-12-15-7-8-28(22(15)27-11-26-12)23-21-20(32-24(2,3)33-21)19(31-23)18-16-6-5-14(25)9-13(16)10-17(29-4)30-18/h5-9,11,17-21,23H,10H2,1-4H3/t17?,18-,19-,20-,21-,23-/m1/s1. The highest BCUT2D eigenvalue weighted by Crippen LogP contribution is 2.49. The van der Waals surface area contributed by atoms with Gasteiger partial charge in [0.25, 0.3) is 0 Å². The maximum Gasteiger partial charge on any atom is 0.164 e. The second-order valence-electron chi connectivity index (χ2n) is 9.24. The summed E-state index contributed by atoms with van der Waals surface area (Å²) >= 11 is 6.29. The van der Waals surface area contributed by atoms with Crippen molar-refractivity contribution in [2.75, 3.05) is 7.11 Å². The molecule has 6 atom stereocenters. The van der Waals surface area contributed by atoms with E-state index in [4.69, 9.17) is 35.3 Å². The monoisotopic (exact) mass is 471 g/mol. The molecule has 1 unspecified atom stereocenters. The Bertz CT molecular complexity index is 1210. The van der Waals surface area contributed by atoms with E-state index in [9.17, 15) is 0 Å². The van der Waals surface area contributed by atoms with Crippen molar-refractivity contribution in [1.82, 2.24) is 14.5 Å². The number of ether oxygens (including phenoxy) is 5. The molecule has 0 N–H and O–H groups in total. The highest BCUT2D eigenvalue weighted by molar-refractivity contribution is 6.30. The van der Waals surface area contributed by atoms with Crippen LogP contribution in [0.5, 0.6) is 0 Å². The number of fused-ring (bicyclic) bond motifs is 3. The largest absolute Gasteiger partial charge is 0.356 e. The molecule has 0 amide bonds. The molecule has 2 aromatic heterocycles. The summed E-state index contributed by atoms with van der Waals surface area (Å²) in [7, 11) is 1.64. The van der Waals surface area contributed by atoms with Crippen LogP contribution < -0.4 is 0 Å². The van der Waals surface area contributed by atoms with Gasteiger partial charge < -0.3 is 28.3 Å². The average Bonchev–Trinajstić information content (AvgIpc) is 3.44. The molecule has 0 spiro atoms. The number of halogens is 1. The second kappa shape index (κ2) is 7.73. The first-order valence-corrected chi connectivity index (χ1v) is 11.5.